The molecule has 0 spiro atoms. The van der Waals surface area contributed by atoms with E-state index in [0.717, 1.165) is 35.5 Å². The maximum Gasteiger partial charge on any atom is 0.249 e. The van der Waals surface area contributed by atoms with Crippen molar-refractivity contribution in [3.63, 3.8) is 0 Å². The van der Waals surface area contributed by atoms with Gasteiger partial charge in [0.1, 0.15) is 0 Å². The van der Waals surface area contributed by atoms with E-state index in [0.29, 0.717) is 35.4 Å². The molecular weight excluding hydrogens is 537 g/mol. The van der Waals surface area contributed by atoms with Crippen molar-refractivity contribution in [3.05, 3.63) is 87.9 Å². The summed E-state index contributed by atoms with van der Waals surface area (Å²) >= 11 is 12.3. The van der Waals surface area contributed by atoms with E-state index < -0.39 is 5.91 Å². The van der Waals surface area contributed by atoms with Crippen LogP contribution in [-0.4, -0.2) is 74.7 Å². The monoisotopic (exact) mass is 569 g/mol. The second kappa shape index (κ2) is 13.3. The molecule has 1 saturated heterocycles. The van der Waals surface area contributed by atoms with Crippen molar-refractivity contribution in [3.8, 4) is 11.1 Å². The van der Waals surface area contributed by atoms with Crippen LogP contribution in [0, 0.1) is 0 Å². The van der Waals surface area contributed by atoms with Crippen molar-refractivity contribution >= 4 is 40.7 Å². The van der Waals surface area contributed by atoms with Crippen molar-refractivity contribution in [2.24, 2.45) is 11.5 Å². The molecular formula is C29H33Cl2N5O3. The number of morpholine rings is 1. The van der Waals surface area contributed by atoms with Crippen LogP contribution in [0.1, 0.15) is 22.0 Å². The van der Waals surface area contributed by atoms with Crippen LogP contribution in [0.15, 0.2) is 66.7 Å². The SMILES string of the molecule is CN(C(=O)CN(CN)c1ccc(Cl)c(Cl)c1)C(CN1CCOCC1)c1ccc(-c2ccccc2C(N)=O)cc1. The van der Waals surface area contributed by atoms with Gasteiger partial charge in [0.05, 0.1) is 42.5 Å². The minimum Gasteiger partial charge on any atom is -0.379 e. The second-order valence-electron chi connectivity index (χ2n) is 9.44. The second-order valence-corrected chi connectivity index (χ2v) is 10.3. The molecule has 3 aromatic carbocycles. The Balaban J connectivity index is 1.58. The Labute approximate surface area is 239 Å². The lowest BCUT2D eigenvalue weighted by molar-refractivity contribution is -0.131. The van der Waals surface area contributed by atoms with E-state index in [1.165, 1.54) is 0 Å². The molecule has 4 N–H and O–H groups in total. The standard InChI is InChI=1S/C29H33Cl2N5O3/c1-34(28(37)18-36(19-32)22-10-11-25(30)26(31)16-22)27(17-35-12-14-39-15-13-35)21-8-6-20(7-9-21)23-4-2-3-5-24(23)29(33)38/h2-11,16,27H,12-15,17-19,32H2,1H3,(H2,33,38). The first-order valence-electron chi connectivity index (χ1n) is 12.7. The number of anilines is 1. The topological polar surface area (TPSA) is 105 Å². The van der Waals surface area contributed by atoms with Crippen LogP contribution in [0.25, 0.3) is 11.1 Å². The largest absolute Gasteiger partial charge is 0.379 e. The molecule has 0 bridgehead atoms. The van der Waals surface area contributed by atoms with Crippen molar-refractivity contribution in [1.29, 1.82) is 0 Å². The molecule has 2 amide bonds. The van der Waals surface area contributed by atoms with Crippen LogP contribution in [0.3, 0.4) is 0 Å². The summed E-state index contributed by atoms with van der Waals surface area (Å²) in [5.74, 6) is -0.565. The number of hydrogen-bond donors (Lipinski definition) is 2. The Morgan fingerprint density at radius 3 is 2.33 bits per heavy atom. The molecule has 4 rings (SSSR count). The van der Waals surface area contributed by atoms with E-state index in [-0.39, 0.29) is 25.2 Å². The summed E-state index contributed by atoms with van der Waals surface area (Å²) in [5, 5.41) is 0.838. The number of nitrogens with two attached hydrogens (primary N) is 2. The Morgan fingerprint density at radius 1 is 1.00 bits per heavy atom. The molecule has 39 heavy (non-hydrogen) atoms. The van der Waals surface area contributed by atoms with Gasteiger partial charge in [-0.2, -0.15) is 0 Å². The van der Waals surface area contributed by atoms with Crippen LogP contribution in [0.4, 0.5) is 5.69 Å². The number of carbonyl (C=O) groups excluding carboxylic acids is 2. The van der Waals surface area contributed by atoms with Gasteiger partial charge in [-0.25, -0.2) is 0 Å². The Morgan fingerprint density at radius 2 is 1.69 bits per heavy atom. The molecule has 0 saturated carbocycles. The maximum absolute atomic E-state index is 13.6. The summed E-state index contributed by atoms with van der Waals surface area (Å²) in [4.78, 5) is 31.3. The predicted molar refractivity (Wildman–Crippen MR) is 156 cm³/mol. The van der Waals surface area contributed by atoms with E-state index in [1.54, 1.807) is 40.1 Å². The van der Waals surface area contributed by atoms with Gasteiger partial charge >= 0.3 is 0 Å². The van der Waals surface area contributed by atoms with E-state index in [1.807, 2.05) is 43.4 Å². The van der Waals surface area contributed by atoms with Crippen LogP contribution in [-0.2, 0) is 9.53 Å². The first-order chi connectivity index (χ1) is 18.8. The molecule has 206 valence electrons. The number of amides is 2. The third kappa shape index (κ3) is 7.09. The number of ether oxygens (including phenoxy) is 1. The molecule has 1 fully saturated rings. The summed E-state index contributed by atoms with van der Waals surface area (Å²) in [7, 11) is 1.81. The fourth-order valence-corrected chi connectivity index (χ4v) is 5.00. The lowest BCUT2D eigenvalue weighted by Crippen LogP contribution is -2.47. The fraction of sp³-hybridized carbons (Fsp3) is 0.310. The minimum atomic E-state index is -0.475. The average molecular weight is 571 g/mol. The fourth-order valence-electron chi connectivity index (χ4n) is 4.71. The number of primary amides is 1. The van der Waals surface area contributed by atoms with Gasteiger partial charge in [-0.15, -0.1) is 0 Å². The maximum atomic E-state index is 13.6. The zero-order valence-electron chi connectivity index (χ0n) is 21.9. The van der Waals surface area contributed by atoms with E-state index in [9.17, 15) is 9.59 Å². The van der Waals surface area contributed by atoms with Crippen LogP contribution in [0.2, 0.25) is 10.0 Å². The molecule has 1 heterocycles. The number of nitrogens with zero attached hydrogens (tertiary/aromatic N) is 3. The Bertz CT molecular complexity index is 1300. The van der Waals surface area contributed by atoms with Gasteiger partial charge in [-0.1, -0.05) is 65.7 Å². The summed E-state index contributed by atoms with van der Waals surface area (Å²) in [6, 6.07) is 20.2. The van der Waals surface area contributed by atoms with Crippen molar-refractivity contribution in [1.82, 2.24) is 9.80 Å². The van der Waals surface area contributed by atoms with Crippen molar-refractivity contribution < 1.29 is 14.3 Å². The molecule has 0 aliphatic carbocycles. The number of hydrogen-bond acceptors (Lipinski definition) is 6. The summed E-state index contributed by atoms with van der Waals surface area (Å²) < 4.78 is 5.52. The highest BCUT2D eigenvalue weighted by Gasteiger charge is 2.27. The van der Waals surface area contributed by atoms with Crippen molar-refractivity contribution in [2.75, 3.05) is 58.0 Å². The lowest BCUT2D eigenvalue weighted by atomic mass is 9.96. The number of likely N-dealkylation sites (N-methyl/N-ethyl adjacent to an activating group) is 1. The predicted octanol–water partition coefficient (Wildman–Crippen LogP) is 4.01. The molecule has 1 atom stereocenters. The zero-order valence-corrected chi connectivity index (χ0v) is 23.4. The summed E-state index contributed by atoms with van der Waals surface area (Å²) in [5.41, 5.74) is 15.4. The molecule has 10 heteroatoms. The van der Waals surface area contributed by atoms with Gasteiger partial charge < -0.3 is 26.0 Å². The zero-order chi connectivity index (χ0) is 27.9. The Kier molecular flexibility index (Phi) is 9.83. The summed E-state index contributed by atoms with van der Waals surface area (Å²) in [6.45, 7) is 3.77. The molecule has 8 nitrogen and oxygen atoms in total. The molecule has 3 aromatic rings. The van der Waals surface area contributed by atoms with E-state index in [4.69, 9.17) is 39.4 Å². The van der Waals surface area contributed by atoms with Crippen LogP contribution >= 0.6 is 23.2 Å². The molecule has 1 aliphatic heterocycles. The van der Waals surface area contributed by atoms with Crippen LogP contribution < -0.4 is 16.4 Å². The molecule has 1 aliphatic rings. The third-order valence-electron chi connectivity index (χ3n) is 7.01. The number of rotatable bonds is 10. The Hall–Kier alpha value is -3.14. The highest BCUT2D eigenvalue weighted by atomic mass is 35.5. The molecule has 1 unspecified atom stereocenters. The van der Waals surface area contributed by atoms with Gasteiger partial charge in [0.2, 0.25) is 11.8 Å². The van der Waals surface area contributed by atoms with Gasteiger partial charge in [0.15, 0.2) is 0 Å². The first-order valence-corrected chi connectivity index (χ1v) is 13.5. The van der Waals surface area contributed by atoms with Gasteiger partial charge in [0.25, 0.3) is 0 Å². The van der Waals surface area contributed by atoms with Gasteiger partial charge in [-0.05, 0) is 41.0 Å². The normalized spacial score (nSPS) is 14.6. The first kappa shape index (κ1) is 28.9. The van der Waals surface area contributed by atoms with Crippen LogP contribution in [0.5, 0.6) is 0 Å². The summed E-state index contributed by atoms with van der Waals surface area (Å²) in [6.07, 6.45) is 0. The minimum absolute atomic E-state index is 0.0780. The highest BCUT2D eigenvalue weighted by molar-refractivity contribution is 6.42. The quantitative estimate of drug-likeness (QED) is 0.357. The van der Waals surface area contributed by atoms with E-state index >= 15 is 0 Å². The highest BCUT2D eigenvalue weighted by Crippen LogP contribution is 2.29. The van der Waals surface area contributed by atoms with Gasteiger partial charge in [-0.3, -0.25) is 14.5 Å². The molecule has 0 aromatic heterocycles. The van der Waals surface area contributed by atoms with Gasteiger partial charge in [0, 0.05) is 37.9 Å². The third-order valence-corrected chi connectivity index (χ3v) is 7.75. The average Bonchev–Trinajstić information content (AvgIpc) is 2.96. The van der Waals surface area contributed by atoms with E-state index in [2.05, 4.69) is 4.90 Å². The molecule has 0 radical (unpaired) electrons. The number of carbonyl (C=O) groups is 2. The number of halogens is 2. The lowest BCUT2D eigenvalue weighted by Gasteiger charge is -2.36. The smallest absolute Gasteiger partial charge is 0.249 e. The number of benzene rings is 3. The van der Waals surface area contributed by atoms with Crippen molar-refractivity contribution in [2.45, 2.75) is 6.04 Å².